The highest BCUT2D eigenvalue weighted by Gasteiger charge is 2.32. The predicted octanol–water partition coefficient (Wildman–Crippen LogP) is 3.93. The second kappa shape index (κ2) is 8.23. The maximum absolute atomic E-state index is 12.7. The fourth-order valence-corrected chi connectivity index (χ4v) is 2.78. The Morgan fingerprint density at radius 3 is 2.48 bits per heavy atom. The number of carbonyl (C=O) groups excluding carboxylic acids is 1. The number of nitrogens with one attached hydrogen (secondary N) is 2. The molecule has 4 N–H and O–H groups in total. The van der Waals surface area contributed by atoms with Gasteiger partial charge >= 0.3 is 6.18 Å². The van der Waals surface area contributed by atoms with Crippen molar-refractivity contribution in [2.45, 2.75) is 13.1 Å². The second-order valence-electron chi connectivity index (χ2n) is 6.56. The van der Waals surface area contributed by atoms with Gasteiger partial charge in [-0.05, 0) is 48.9 Å². The molecule has 0 aliphatic heterocycles. The summed E-state index contributed by atoms with van der Waals surface area (Å²) in [5.74, 6) is -0.527. The standard InChI is InChI=1S/C21H15F3N6O/c1-11-6-12(8-25)9-29-19(11)20(31)30-14-3-4-16(26)15(7-14)18(27)13-2-5-17(28-10-13)21(22,23)24/h2-7,9-10,27H,26H2,1H3,(H,30,31). The minimum Gasteiger partial charge on any atom is -0.398 e. The summed E-state index contributed by atoms with van der Waals surface area (Å²) in [5, 5.41) is 19.8. The number of halogens is 3. The summed E-state index contributed by atoms with van der Waals surface area (Å²) in [5.41, 5.74) is 6.53. The van der Waals surface area contributed by atoms with E-state index < -0.39 is 17.8 Å². The minimum absolute atomic E-state index is 0.124. The van der Waals surface area contributed by atoms with Gasteiger partial charge in [0.2, 0.25) is 0 Å². The van der Waals surface area contributed by atoms with Crippen LogP contribution in [0.4, 0.5) is 24.5 Å². The average molecular weight is 424 g/mol. The molecule has 0 unspecified atom stereocenters. The largest absolute Gasteiger partial charge is 0.433 e. The van der Waals surface area contributed by atoms with Crippen LogP contribution in [0.3, 0.4) is 0 Å². The van der Waals surface area contributed by atoms with Crippen LogP contribution in [0.2, 0.25) is 0 Å². The number of hydrogen-bond donors (Lipinski definition) is 3. The summed E-state index contributed by atoms with van der Waals surface area (Å²) < 4.78 is 38.1. The zero-order valence-electron chi connectivity index (χ0n) is 16.1. The Morgan fingerprint density at radius 1 is 1.16 bits per heavy atom. The van der Waals surface area contributed by atoms with Crippen LogP contribution in [0, 0.1) is 23.7 Å². The smallest absolute Gasteiger partial charge is 0.398 e. The van der Waals surface area contributed by atoms with Gasteiger partial charge in [0.25, 0.3) is 5.91 Å². The van der Waals surface area contributed by atoms with Crippen LogP contribution in [0.5, 0.6) is 0 Å². The summed E-state index contributed by atoms with van der Waals surface area (Å²) in [6, 6.07) is 9.81. The third kappa shape index (κ3) is 4.67. The molecule has 0 aliphatic rings. The van der Waals surface area contributed by atoms with E-state index in [1.807, 2.05) is 6.07 Å². The van der Waals surface area contributed by atoms with Crippen molar-refractivity contribution in [3.05, 3.63) is 82.4 Å². The molecule has 1 aromatic carbocycles. The zero-order valence-corrected chi connectivity index (χ0v) is 16.1. The molecular formula is C21H15F3N6O. The van der Waals surface area contributed by atoms with Gasteiger partial charge in [0, 0.05) is 34.9 Å². The molecule has 2 heterocycles. The van der Waals surface area contributed by atoms with Crippen LogP contribution in [-0.2, 0) is 6.18 Å². The molecule has 0 saturated heterocycles. The maximum atomic E-state index is 12.7. The number of aromatic nitrogens is 2. The van der Waals surface area contributed by atoms with Gasteiger partial charge in [0.1, 0.15) is 17.5 Å². The first-order valence-electron chi connectivity index (χ1n) is 8.80. The van der Waals surface area contributed by atoms with Gasteiger partial charge in [0.15, 0.2) is 0 Å². The minimum atomic E-state index is -4.58. The third-order valence-corrected chi connectivity index (χ3v) is 4.35. The van der Waals surface area contributed by atoms with Crippen molar-refractivity contribution in [3.63, 3.8) is 0 Å². The molecule has 7 nitrogen and oxygen atoms in total. The molecule has 0 atom stereocenters. The Kier molecular flexibility index (Phi) is 5.70. The van der Waals surface area contributed by atoms with E-state index in [4.69, 9.17) is 16.4 Å². The fraction of sp³-hybridized carbons (Fsp3) is 0.0952. The number of nitrogens with zero attached hydrogens (tertiary/aromatic N) is 3. The Balaban J connectivity index is 1.85. The van der Waals surface area contributed by atoms with Crippen molar-refractivity contribution >= 4 is 23.0 Å². The van der Waals surface area contributed by atoms with E-state index in [1.165, 1.54) is 30.5 Å². The van der Waals surface area contributed by atoms with Crippen LogP contribution >= 0.6 is 0 Å². The Bertz CT molecular complexity index is 1210. The number of hydrogen-bond acceptors (Lipinski definition) is 6. The lowest BCUT2D eigenvalue weighted by atomic mass is 10.0. The molecule has 0 saturated carbocycles. The topological polar surface area (TPSA) is 129 Å². The van der Waals surface area contributed by atoms with Crippen LogP contribution in [0.15, 0.2) is 48.8 Å². The number of nitrogen functional groups attached to an aromatic ring is 1. The number of pyridine rings is 2. The molecule has 0 fully saturated rings. The highest BCUT2D eigenvalue weighted by molar-refractivity contribution is 6.14. The molecule has 0 radical (unpaired) electrons. The number of nitrogens with two attached hydrogens (primary N) is 1. The Morgan fingerprint density at radius 2 is 1.90 bits per heavy atom. The van der Waals surface area contributed by atoms with Gasteiger partial charge in [-0.1, -0.05) is 0 Å². The van der Waals surface area contributed by atoms with Gasteiger partial charge < -0.3 is 11.1 Å². The number of nitriles is 1. The highest BCUT2D eigenvalue weighted by Crippen LogP contribution is 2.28. The first-order valence-corrected chi connectivity index (χ1v) is 8.80. The van der Waals surface area contributed by atoms with E-state index in [1.54, 1.807) is 6.92 Å². The Labute approximate surface area is 174 Å². The molecule has 1 amide bonds. The molecule has 3 aromatic rings. The molecule has 31 heavy (non-hydrogen) atoms. The van der Waals surface area contributed by atoms with Gasteiger partial charge in [-0.2, -0.15) is 18.4 Å². The van der Waals surface area contributed by atoms with Crippen LogP contribution < -0.4 is 11.1 Å². The van der Waals surface area contributed by atoms with E-state index in [9.17, 15) is 18.0 Å². The van der Waals surface area contributed by atoms with E-state index in [-0.39, 0.29) is 28.2 Å². The van der Waals surface area contributed by atoms with Crippen LogP contribution in [0.25, 0.3) is 0 Å². The fourth-order valence-electron chi connectivity index (χ4n) is 2.78. The van der Waals surface area contributed by atoms with E-state index in [2.05, 4.69) is 15.3 Å². The highest BCUT2D eigenvalue weighted by atomic mass is 19.4. The van der Waals surface area contributed by atoms with Crippen molar-refractivity contribution in [1.82, 2.24) is 9.97 Å². The van der Waals surface area contributed by atoms with E-state index in [0.717, 1.165) is 18.3 Å². The molecule has 10 heteroatoms. The molecule has 0 bridgehead atoms. The van der Waals surface area contributed by atoms with Crippen molar-refractivity contribution in [3.8, 4) is 6.07 Å². The summed E-state index contributed by atoms with van der Waals surface area (Å²) >= 11 is 0. The third-order valence-electron chi connectivity index (χ3n) is 4.35. The lowest BCUT2D eigenvalue weighted by Crippen LogP contribution is -2.16. The van der Waals surface area contributed by atoms with Crippen LogP contribution in [0.1, 0.15) is 38.4 Å². The summed E-state index contributed by atoms with van der Waals surface area (Å²) in [7, 11) is 0. The lowest BCUT2D eigenvalue weighted by molar-refractivity contribution is -0.141. The summed E-state index contributed by atoms with van der Waals surface area (Å²) in [4.78, 5) is 19.9. The van der Waals surface area contributed by atoms with Crippen molar-refractivity contribution in [2.75, 3.05) is 11.1 Å². The summed E-state index contributed by atoms with van der Waals surface area (Å²) in [6.07, 6.45) is -2.36. The maximum Gasteiger partial charge on any atom is 0.433 e. The quantitative estimate of drug-likeness (QED) is 0.432. The van der Waals surface area contributed by atoms with Gasteiger partial charge in [0.05, 0.1) is 11.3 Å². The second-order valence-corrected chi connectivity index (χ2v) is 6.56. The summed E-state index contributed by atoms with van der Waals surface area (Å²) in [6.45, 7) is 1.64. The molecule has 0 aliphatic carbocycles. The lowest BCUT2D eigenvalue weighted by Gasteiger charge is -2.12. The number of carbonyl (C=O) groups is 1. The molecule has 2 aromatic heterocycles. The number of aryl methyl sites for hydroxylation is 1. The van der Waals surface area contributed by atoms with Crippen LogP contribution in [-0.4, -0.2) is 21.6 Å². The first-order chi connectivity index (χ1) is 14.6. The average Bonchev–Trinajstić information content (AvgIpc) is 2.73. The van der Waals surface area contributed by atoms with E-state index >= 15 is 0 Å². The number of benzene rings is 1. The zero-order chi connectivity index (χ0) is 22.8. The molecular weight excluding hydrogens is 409 g/mol. The van der Waals surface area contributed by atoms with Gasteiger partial charge in [-0.3, -0.25) is 15.2 Å². The predicted molar refractivity (Wildman–Crippen MR) is 108 cm³/mol. The molecule has 3 rings (SSSR count). The van der Waals surface area contributed by atoms with Crippen molar-refractivity contribution in [1.29, 1.82) is 10.7 Å². The van der Waals surface area contributed by atoms with Gasteiger partial charge in [-0.15, -0.1) is 0 Å². The molecule has 0 spiro atoms. The van der Waals surface area contributed by atoms with Gasteiger partial charge in [-0.25, -0.2) is 4.98 Å². The number of anilines is 2. The molecule has 156 valence electrons. The Hall–Kier alpha value is -4.26. The monoisotopic (exact) mass is 424 g/mol. The van der Waals surface area contributed by atoms with Crippen molar-refractivity contribution in [2.24, 2.45) is 0 Å². The number of amides is 1. The number of rotatable bonds is 4. The SMILES string of the molecule is Cc1cc(C#N)cnc1C(=O)Nc1ccc(N)c(C(=N)c2ccc(C(F)(F)F)nc2)c1. The normalized spacial score (nSPS) is 10.9. The number of alkyl halides is 3. The van der Waals surface area contributed by atoms with Crippen molar-refractivity contribution < 1.29 is 18.0 Å². The first kappa shape index (κ1) is 21.4. The van der Waals surface area contributed by atoms with E-state index in [0.29, 0.717) is 16.8 Å².